The Morgan fingerprint density at radius 1 is 0.968 bits per heavy atom. The molecule has 0 saturated carbocycles. The summed E-state index contributed by atoms with van der Waals surface area (Å²) in [6.45, 7) is 6.37. The average molecular weight is 462 g/mol. The Morgan fingerprint density at radius 2 is 1.58 bits per heavy atom. The molecule has 0 atom stereocenters. The van der Waals surface area contributed by atoms with Gasteiger partial charge in [-0.1, -0.05) is 43.7 Å². The van der Waals surface area contributed by atoms with Gasteiger partial charge in [0.15, 0.2) is 0 Å². The minimum Gasteiger partial charge on any atom is -0.272 e. The summed E-state index contributed by atoms with van der Waals surface area (Å²) in [7, 11) is -3.51. The summed E-state index contributed by atoms with van der Waals surface area (Å²) < 4.78 is 26.3. The second-order valence-corrected chi connectivity index (χ2v) is 9.62. The topological polar surface area (TPSA) is 95.6 Å². The van der Waals surface area contributed by atoms with E-state index in [2.05, 4.69) is 10.9 Å². The third kappa shape index (κ3) is 7.54. The monoisotopic (exact) mass is 461 g/mol. The van der Waals surface area contributed by atoms with Crippen molar-refractivity contribution in [3.05, 3.63) is 65.7 Å². The van der Waals surface area contributed by atoms with Crippen LogP contribution in [0.15, 0.2) is 64.4 Å². The number of rotatable bonds is 9. The van der Waals surface area contributed by atoms with Gasteiger partial charge in [0.2, 0.25) is 15.9 Å². The third-order valence-corrected chi connectivity index (χ3v) is 7.44. The summed E-state index contributed by atoms with van der Waals surface area (Å²) in [5.41, 5.74) is 6.49. The van der Waals surface area contributed by atoms with Crippen LogP contribution in [0.3, 0.4) is 0 Å². The molecule has 0 aliphatic carbocycles. The third-order valence-electron chi connectivity index (χ3n) is 4.37. The van der Waals surface area contributed by atoms with Crippen molar-refractivity contribution >= 4 is 39.7 Å². The number of hydrogen-bond acceptors (Lipinski definition) is 5. The van der Waals surface area contributed by atoms with Crippen LogP contribution >= 0.6 is 11.8 Å². The number of thioether (sulfide) groups is 1. The predicted octanol–water partition coefficient (Wildman–Crippen LogP) is 2.98. The van der Waals surface area contributed by atoms with Crippen LogP contribution in [0.5, 0.6) is 0 Å². The molecule has 2 N–H and O–H groups in total. The number of benzene rings is 2. The van der Waals surface area contributed by atoms with E-state index in [4.69, 9.17) is 0 Å². The average Bonchev–Trinajstić information content (AvgIpc) is 2.76. The Labute approximate surface area is 187 Å². The molecule has 0 radical (unpaired) electrons. The van der Waals surface area contributed by atoms with Crippen LogP contribution in [0.1, 0.15) is 25.0 Å². The molecule has 31 heavy (non-hydrogen) atoms. The highest BCUT2D eigenvalue weighted by atomic mass is 32.2. The van der Waals surface area contributed by atoms with Crippen LogP contribution in [0.2, 0.25) is 0 Å². The lowest BCUT2D eigenvalue weighted by atomic mass is 10.2. The van der Waals surface area contributed by atoms with E-state index in [1.807, 2.05) is 31.2 Å². The second-order valence-electron chi connectivity index (χ2n) is 6.63. The van der Waals surface area contributed by atoms with E-state index in [-0.39, 0.29) is 16.6 Å². The fraction of sp³-hybridized carbons (Fsp3) is 0.273. The van der Waals surface area contributed by atoms with Gasteiger partial charge in [0, 0.05) is 24.1 Å². The fourth-order valence-corrected chi connectivity index (χ4v) is 4.78. The van der Waals surface area contributed by atoms with E-state index in [0.717, 1.165) is 10.5 Å². The Hall–Kier alpha value is -2.62. The maximum atomic E-state index is 12.5. The van der Waals surface area contributed by atoms with Gasteiger partial charge in [0.1, 0.15) is 0 Å². The molecule has 0 aliphatic rings. The van der Waals surface area contributed by atoms with Crippen LogP contribution in [0.4, 0.5) is 0 Å². The molecule has 0 aliphatic heterocycles. The van der Waals surface area contributed by atoms with Gasteiger partial charge < -0.3 is 0 Å². The van der Waals surface area contributed by atoms with E-state index in [0.29, 0.717) is 18.7 Å². The standard InChI is InChI=1S/C22H27N3O4S2/c1-4-25(5-2)31(28,29)20-13-8-18(9-14-20)10-15-21(26)23-24-22(27)16-30-19-11-6-17(3)7-12-19/h6-15H,4-5,16H2,1-3H3,(H,23,26)(H,24,27)/b15-10+. The number of hydrazine groups is 1. The van der Waals surface area contributed by atoms with Gasteiger partial charge in [0.25, 0.3) is 5.91 Å². The highest BCUT2D eigenvalue weighted by molar-refractivity contribution is 8.00. The summed E-state index contributed by atoms with van der Waals surface area (Å²) in [6, 6.07) is 14.1. The Balaban J connectivity index is 1.83. The molecular formula is C22H27N3O4S2. The van der Waals surface area contributed by atoms with Crippen LogP contribution in [0.25, 0.3) is 6.08 Å². The van der Waals surface area contributed by atoms with Crippen molar-refractivity contribution in [2.45, 2.75) is 30.6 Å². The van der Waals surface area contributed by atoms with Gasteiger partial charge in [-0.05, 0) is 42.8 Å². The molecule has 0 aromatic heterocycles. The largest absolute Gasteiger partial charge is 0.272 e. The molecule has 2 aromatic rings. The van der Waals surface area contributed by atoms with Gasteiger partial charge in [0.05, 0.1) is 10.6 Å². The Kier molecular flexibility index (Phi) is 9.29. The van der Waals surface area contributed by atoms with Crippen LogP contribution in [0, 0.1) is 6.92 Å². The van der Waals surface area contributed by atoms with Crippen molar-refractivity contribution in [1.29, 1.82) is 0 Å². The lowest BCUT2D eigenvalue weighted by Gasteiger charge is -2.18. The zero-order valence-corrected chi connectivity index (χ0v) is 19.4. The number of sulfonamides is 1. The highest BCUT2D eigenvalue weighted by Gasteiger charge is 2.20. The predicted molar refractivity (Wildman–Crippen MR) is 124 cm³/mol. The Morgan fingerprint density at radius 3 is 2.16 bits per heavy atom. The van der Waals surface area contributed by atoms with Crippen molar-refractivity contribution in [3.63, 3.8) is 0 Å². The molecule has 0 spiro atoms. The van der Waals surface area contributed by atoms with Gasteiger partial charge in [-0.2, -0.15) is 4.31 Å². The number of amides is 2. The summed E-state index contributed by atoms with van der Waals surface area (Å²) in [4.78, 5) is 24.9. The van der Waals surface area contributed by atoms with E-state index in [1.165, 1.54) is 40.4 Å². The first-order valence-electron chi connectivity index (χ1n) is 9.82. The molecule has 2 aromatic carbocycles. The molecule has 0 saturated heterocycles. The molecule has 166 valence electrons. The molecule has 2 rings (SSSR count). The minimum atomic E-state index is -3.51. The van der Waals surface area contributed by atoms with Crippen LogP contribution in [-0.2, 0) is 19.6 Å². The van der Waals surface area contributed by atoms with E-state index >= 15 is 0 Å². The quantitative estimate of drug-likeness (QED) is 0.340. The summed E-state index contributed by atoms with van der Waals surface area (Å²) in [6.07, 6.45) is 2.80. The maximum absolute atomic E-state index is 12.5. The molecule has 0 fully saturated rings. The second kappa shape index (κ2) is 11.7. The van der Waals surface area contributed by atoms with Gasteiger partial charge in [-0.3, -0.25) is 20.4 Å². The zero-order valence-electron chi connectivity index (χ0n) is 17.8. The lowest BCUT2D eigenvalue weighted by Crippen LogP contribution is -2.41. The smallest absolute Gasteiger partial charge is 0.262 e. The van der Waals surface area contributed by atoms with Crippen molar-refractivity contribution in [1.82, 2.24) is 15.2 Å². The number of hydrogen-bond donors (Lipinski definition) is 2. The van der Waals surface area contributed by atoms with Crippen molar-refractivity contribution in [2.75, 3.05) is 18.8 Å². The number of carbonyl (C=O) groups is 2. The number of carbonyl (C=O) groups excluding carboxylic acids is 2. The number of nitrogens with one attached hydrogen (secondary N) is 2. The van der Waals surface area contributed by atoms with Crippen LogP contribution < -0.4 is 10.9 Å². The fourth-order valence-electron chi connectivity index (χ4n) is 2.63. The first-order valence-corrected chi connectivity index (χ1v) is 12.3. The number of aryl methyl sites for hydroxylation is 1. The van der Waals surface area contributed by atoms with Gasteiger partial charge in [-0.25, -0.2) is 8.42 Å². The molecule has 0 heterocycles. The van der Waals surface area contributed by atoms with Crippen molar-refractivity contribution in [2.24, 2.45) is 0 Å². The molecule has 0 bridgehead atoms. The van der Waals surface area contributed by atoms with Gasteiger partial charge in [-0.15, -0.1) is 11.8 Å². The highest BCUT2D eigenvalue weighted by Crippen LogP contribution is 2.18. The summed E-state index contributed by atoms with van der Waals surface area (Å²) >= 11 is 1.37. The van der Waals surface area contributed by atoms with Crippen LogP contribution in [-0.4, -0.2) is 43.4 Å². The molecule has 2 amide bonds. The van der Waals surface area contributed by atoms with E-state index in [9.17, 15) is 18.0 Å². The minimum absolute atomic E-state index is 0.176. The lowest BCUT2D eigenvalue weighted by molar-refractivity contribution is -0.125. The van der Waals surface area contributed by atoms with E-state index in [1.54, 1.807) is 26.0 Å². The first-order chi connectivity index (χ1) is 14.8. The zero-order chi connectivity index (χ0) is 22.9. The molecular weight excluding hydrogens is 434 g/mol. The first kappa shape index (κ1) is 24.6. The summed E-state index contributed by atoms with van der Waals surface area (Å²) in [5, 5.41) is 0. The van der Waals surface area contributed by atoms with Crippen molar-refractivity contribution < 1.29 is 18.0 Å². The normalized spacial score (nSPS) is 11.6. The SMILES string of the molecule is CCN(CC)S(=O)(=O)c1ccc(/C=C/C(=O)NNC(=O)CSc2ccc(C)cc2)cc1. The van der Waals surface area contributed by atoms with E-state index < -0.39 is 15.9 Å². The van der Waals surface area contributed by atoms with Gasteiger partial charge >= 0.3 is 0 Å². The number of nitrogens with zero attached hydrogens (tertiary/aromatic N) is 1. The van der Waals surface area contributed by atoms with Crippen molar-refractivity contribution in [3.8, 4) is 0 Å². The molecule has 9 heteroatoms. The Bertz CT molecular complexity index is 1010. The molecule has 0 unspecified atom stereocenters. The molecule has 7 nitrogen and oxygen atoms in total. The maximum Gasteiger partial charge on any atom is 0.262 e. The summed E-state index contributed by atoms with van der Waals surface area (Å²) in [5.74, 6) is -0.637.